The molecule has 148 valence electrons. The summed E-state index contributed by atoms with van der Waals surface area (Å²) in [6.07, 6.45) is 6.88. The summed E-state index contributed by atoms with van der Waals surface area (Å²) in [5, 5.41) is 10.2. The van der Waals surface area contributed by atoms with Gasteiger partial charge in [0.25, 0.3) is 0 Å². The van der Waals surface area contributed by atoms with Crippen LogP contribution >= 0.6 is 0 Å². The van der Waals surface area contributed by atoms with E-state index in [4.69, 9.17) is 4.74 Å². The van der Waals surface area contributed by atoms with Gasteiger partial charge in [0.15, 0.2) is 5.65 Å². The summed E-state index contributed by atoms with van der Waals surface area (Å²) in [7, 11) is 1.58. The first-order valence-corrected chi connectivity index (χ1v) is 9.58. The van der Waals surface area contributed by atoms with Crippen LogP contribution in [0.15, 0.2) is 61.3 Å². The van der Waals surface area contributed by atoms with Gasteiger partial charge in [0.05, 0.1) is 19.6 Å². The molecule has 0 amide bonds. The lowest BCUT2D eigenvalue weighted by Gasteiger charge is -2.13. The summed E-state index contributed by atoms with van der Waals surface area (Å²) >= 11 is 0. The van der Waals surface area contributed by atoms with E-state index in [0.717, 1.165) is 34.0 Å². The van der Waals surface area contributed by atoms with Gasteiger partial charge in [-0.15, -0.1) is 5.10 Å². The Balaban J connectivity index is 1.72. The highest BCUT2D eigenvalue weighted by Gasteiger charge is 2.16. The minimum absolute atomic E-state index is 0.331. The van der Waals surface area contributed by atoms with Crippen LogP contribution < -0.4 is 4.74 Å². The first-order valence-electron chi connectivity index (χ1n) is 9.58. The average molecular weight is 399 g/mol. The Morgan fingerprint density at radius 1 is 1.00 bits per heavy atom. The van der Waals surface area contributed by atoms with Crippen molar-refractivity contribution in [1.82, 2.24) is 24.7 Å². The molecular weight excluding hydrogens is 381 g/mol. The van der Waals surface area contributed by atoms with Gasteiger partial charge < -0.3 is 9.30 Å². The number of fused-ring (bicyclic) bond motifs is 2. The Hall–Kier alpha value is -3.87. The summed E-state index contributed by atoms with van der Waals surface area (Å²) in [6, 6.07) is 10.7. The van der Waals surface area contributed by atoms with Gasteiger partial charge in [0, 0.05) is 41.0 Å². The third-order valence-electron chi connectivity index (χ3n) is 5.27. The van der Waals surface area contributed by atoms with E-state index in [-0.39, 0.29) is 5.82 Å². The first kappa shape index (κ1) is 18.2. The van der Waals surface area contributed by atoms with Gasteiger partial charge in [-0.3, -0.25) is 4.98 Å². The van der Waals surface area contributed by atoms with Gasteiger partial charge in [0.1, 0.15) is 17.1 Å². The van der Waals surface area contributed by atoms with E-state index in [9.17, 15) is 4.39 Å². The molecule has 7 heteroatoms. The molecule has 3 heterocycles. The van der Waals surface area contributed by atoms with E-state index >= 15 is 0 Å². The summed E-state index contributed by atoms with van der Waals surface area (Å²) in [6.45, 7) is 2.76. The predicted octanol–water partition coefficient (Wildman–Crippen LogP) is 4.88. The van der Waals surface area contributed by atoms with Crippen LogP contribution in [0, 0.1) is 5.82 Å². The minimum Gasteiger partial charge on any atom is -0.496 e. The van der Waals surface area contributed by atoms with Gasteiger partial charge in [-0.2, -0.15) is 5.10 Å². The van der Waals surface area contributed by atoms with Crippen LogP contribution in [-0.2, 0) is 6.54 Å². The molecule has 0 aliphatic rings. The van der Waals surface area contributed by atoms with E-state index in [2.05, 4.69) is 20.2 Å². The van der Waals surface area contributed by atoms with Crippen molar-refractivity contribution in [3.8, 4) is 28.0 Å². The fraction of sp³-hybridized carbons (Fsp3) is 0.130. The van der Waals surface area contributed by atoms with E-state index in [0.29, 0.717) is 22.5 Å². The fourth-order valence-corrected chi connectivity index (χ4v) is 3.71. The number of ether oxygens (including phenoxy) is 1. The van der Waals surface area contributed by atoms with Crippen molar-refractivity contribution in [1.29, 1.82) is 0 Å². The van der Waals surface area contributed by atoms with Crippen molar-refractivity contribution in [2.75, 3.05) is 7.11 Å². The molecule has 0 bridgehead atoms. The monoisotopic (exact) mass is 399 g/mol. The van der Waals surface area contributed by atoms with Gasteiger partial charge in [0.2, 0.25) is 0 Å². The zero-order chi connectivity index (χ0) is 20.7. The number of nitrogens with zero attached hydrogens (tertiary/aromatic N) is 5. The van der Waals surface area contributed by atoms with Crippen LogP contribution in [0.25, 0.3) is 44.2 Å². The van der Waals surface area contributed by atoms with Crippen molar-refractivity contribution in [3.05, 3.63) is 67.1 Å². The summed E-state index contributed by atoms with van der Waals surface area (Å²) < 4.78 is 22.4. The van der Waals surface area contributed by atoms with Crippen molar-refractivity contribution in [3.63, 3.8) is 0 Å². The summed E-state index contributed by atoms with van der Waals surface area (Å²) in [5.74, 6) is 0.252. The lowest BCUT2D eigenvalue weighted by Crippen LogP contribution is -1.96. The topological polar surface area (TPSA) is 65.7 Å². The SMILES string of the molecule is CCn1cnc2c(-c3ccc(F)c(-c4cc5ccncc5cc4OC)c3)cnnc21. The first-order chi connectivity index (χ1) is 14.7. The summed E-state index contributed by atoms with van der Waals surface area (Å²) in [4.78, 5) is 8.65. The highest BCUT2D eigenvalue weighted by atomic mass is 19.1. The van der Waals surface area contributed by atoms with Crippen molar-refractivity contribution in [2.45, 2.75) is 13.5 Å². The molecule has 0 saturated carbocycles. The normalized spacial score (nSPS) is 11.3. The zero-order valence-corrected chi connectivity index (χ0v) is 16.5. The van der Waals surface area contributed by atoms with Crippen LogP contribution in [0.2, 0.25) is 0 Å². The van der Waals surface area contributed by atoms with Crippen LogP contribution in [0.5, 0.6) is 5.75 Å². The molecule has 5 aromatic rings. The van der Waals surface area contributed by atoms with Crippen LogP contribution in [0.3, 0.4) is 0 Å². The second-order valence-electron chi connectivity index (χ2n) is 6.93. The molecule has 0 aliphatic carbocycles. The smallest absolute Gasteiger partial charge is 0.183 e. The Bertz CT molecular complexity index is 1400. The van der Waals surface area contributed by atoms with Gasteiger partial charge >= 0.3 is 0 Å². The van der Waals surface area contributed by atoms with Crippen molar-refractivity contribution in [2.24, 2.45) is 0 Å². The number of pyridine rings is 1. The lowest BCUT2D eigenvalue weighted by atomic mass is 9.96. The Kier molecular flexibility index (Phi) is 4.35. The van der Waals surface area contributed by atoms with Gasteiger partial charge in [-0.05, 0) is 48.2 Å². The van der Waals surface area contributed by atoms with E-state index in [1.807, 2.05) is 35.8 Å². The number of hydrogen-bond donors (Lipinski definition) is 0. The minimum atomic E-state index is -0.331. The molecule has 0 unspecified atom stereocenters. The van der Waals surface area contributed by atoms with Crippen molar-refractivity contribution < 1.29 is 9.13 Å². The second kappa shape index (κ2) is 7.18. The number of benzene rings is 2. The standard InChI is InChI=1S/C23H18FN5O/c1-3-29-13-26-22-19(12-27-28-23(22)29)15-4-5-20(24)17(9-15)18-8-14-6-7-25-11-16(14)10-21(18)30-2/h4-13H,3H2,1-2H3. The number of rotatable bonds is 4. The molecule has 2 aromatic carbocycles. The molecule has 0 fully saturated rings. The molecule has 0 atom stereocenters. The largest absolute Gasteiger partial charge is 0.496 e. The van der Waals surface area contributed by atoms with Gasteiger partial charge in [-0.25, -0.2) is 9.37 Å². The summed E-state index contributed by atoms with van der Waals surface area (Å²) in [5.41, 5.74) is 4.18. The third-order valence-corrected chi connectivity index (χ3v) is 5.27. The van der Waals surface area contributed by atoms with Crippen molar-refractivity contribution >= 4 is 21.9 Å². The Morgan fingerprint density at radius 2 is 1.90 bits per heavy atom. The maximum absolute atomic E-state index is 14.9. The predicted molar refractivity (Wildman–Crippen MR) is 114 cm³/mol. The van der Waals surface area contributed by atoms with E-state index in [1.165, 1.54) is 6.07 Å². The number of hydrogen-bond acceptors (Lipinski definition) is 5. The zero-order valence-electron chi connectivity index (χ0n) is 16.5. The Labute approximate surface area is 172 Å². The van der Waals surface area contributed by atoms with Gasteiger partial charge in [-0.1, -0.05) is 6.07 Å². The highest BCUT2D eigenvalue weighted by molar-refractivity contribution is 5.93. The molecule has 6 nitrogen and oxygen atoms in total. The lowest BCUT2D eigenvalue weighted by molar-refractivity contribution is 0.416. The number of imidazole rings is 1. The molecule has 0 saturated heterocycles. The number of aromatic nitrogens is 5. The fourth-order valence-electron chi connectivity index (χ4n) is 3.71. The molecule has 0 spiro atoms. The number of aryl methyl sites for hydroxylation is 1. The maximum Gasteiger partial charge on any atom is 0.183 e. The van der Waals surface area contributed by atoms with E-state index < -0.39 is 0 Å². The van der Waals surface area contributed by atoms with Crippen LogP contribution in [0.1, 0.15) is 6.92 Å². The van der Waals surface area contributed by atoms with Crippen LogP contribution in [0.4, 0.5) is 4.39 Å². The second-order valence-corrected chi connectivity index (χ2v) is 6.93. The molecule has 3 aromatic heterocycles. The van der Waals surface area contributed by atoms with Crippen LogP contribution in [-0.4, -0.2) is 31.8 Å². The molecule has 0 radical (unpaired) electrons. The Morgan fingerprint density at radius 3 is 2.73 bits per heavy atom. The number of methoxy groups -OCH3 is 1. The quantitative estimate of drug-likeness (QED) is 0.431. The maximum atomic E-state index is 14.9. The molecule has 0 N–H and O–H groups in total. The van der Waals surface area contributed by atoms with E-state index in [1.54, 1.807) is 38.1 Å². The third kappa shape index (κ3) is 2.86. The number of halogens is 1. The average Bonchev–Trinajstić information content (AvgIpc) is 3.22. The molecular formula is C23H18FN5O. The molecule has 5 rings (SSSR count). The molecule has 30 heavy (non-hydrogen) atoms. The molecule has 0 aliphatic heterocycles. The highest BCUT2D eigenvalue weighted by Crippen LogP contribution is 2.38.